The van der Waals surface area contributed by atoms with Gasteiger partial charge in [0, 0.05) is 10.7 Å². The first-order chi connectivity index (χ1) is 15.1. The van der Waals surface area contributed by atoms with E-state index in [-0.39, 0.29) is 33.3 Å². The molecule has 0 saturated carbocycles. The monoisotopic (exact) mass is 477 g/mol. The smallest absolute Gasteiger partial charge is 0.273 e. The SMILES string of the molecule is O=C(Cc1ccc(NS(=O)(=O)c2ccc(F)cc2)cc1)NNC(=O)c1cc(Cl)ccc1O. The minimum Gasteiger partial charge on any atom is -0.507 e. The van der Waals surface area contributed by atoms with Crippen LogP contribution in [0.5, 0.6) is 5.75 Å². The summed E-state index contributed by atoms with van der Waals surface area (Å²) >= 11 is 5.79. The van der Waals surface area contributed by atoms with Gasteiger partial charge in [-0.2, -0.15) is 0 Å². The molecular formula is C21H17ClFN3O5S. The first kappa shape index (κ1) is 23.0. The minimum absolute atomic E-state index is 0.0937. The number of carbonyl (C=O) groups is 2. The van der Waals surface area contributed by atoms with Gasteiger partial charge < -0.3 is 5.11 Å². The Morgan fingerprint density at radius 2 is 1.59 bits per heavy atom. The topological polar surface area (TPSA) is 125 Å². The van der Waals surface area contributed by atoms with Gasteiger partial charge in [0.2, 0.25) is 5.91 Å². The molecule has 32 heavy (non-hydrogen) atoms. The predicted octanol–water partition coefficient (Wildman–Crippen LogP) is 2.99. The maximum atomic E-state index is 13.0. The number of sulfonamides is 1. The van der Waals surface area contributed by atoms with E-state index in [0.29, 0.717) is 5.56 Å². The molecule has 0 bridgehead atoms. The highest BCUT2D eigenvalue weighted by Crippen LogP contribution is 2.21. The van der Waals surface area contributed by atoms with E-state index in [4.69, 9.17) is 11.6 Å². The van der Waals surface area contributed by atoms with E-state index >= 15 is 0 Å². The van der Waals surface area contributed by atoms with Crippen molar-refractivity contribution >= 4 is 39.1 Å². The van der Waals surface area contributed by atoms with Crippen molar-refractivity contribution in [3.63, 3.8) is 0 Å². The van der Waals surface area contributed by atoms with Crippen LogP contribution < -0.4 is 15.6 Å². The number of anilines is 1. The van der Waals surface area contributed by atoms with E-state index in [0.717, 1.165) is 24.3 Å². The number of nitrogens with one attached hydrogen (secondary N) is 3. The van der Waals surface area contributed by atoms with Crippen molar-refractivity contribution in [2.45, 2.75) is 11.3 Å². The normalized spacial score (nSPS) is 10.9. The Balaban J connectivity index is 1.56. The van der Waals surface area contributed by atoms with Crippen LogP contribution in [0.4, 0.5) is 10.1 Å². The van der Waals surface area contributed by atoms with Gasteiger partial charge in [0.05, 0.1) is 16.9 Å². The van der Waals surface area contributed by atoms with E-state index in [1.54, 1.807) is 0 Å². The third-order valence-electron chi connectivity index (χ3n) is 4.21. The number of hydrogen-bond acceptors (Lipinski definition) is 5. The average molecular weight is 478 g/mol. The molecule has 0 fully saturated rings. The molecule has 4 N–H and O–H groups in total. The number of hydrazine groups is 1. The van der Waals surface area contributed by atoms with Gasteiger partial charge in [0.15, 0.2) is 0 Å². The lowest BCUT2D eigenvalue weighted by molar-refractivity contribution is -0.121. The van der Waals surface area contributed by atoms with Gasteiger partial charge in [-0.25, -0.2) is 12.8 Å². The summed E-state index contributed by atoms with van der Waals surface area (Å²) < 4.78 is 40.0. The van der Waals surface area contributed by atoms with Crippen molar-refractivity contribution in [1.29, 1.82) is 0 Å². The van der Waals surface area contributed by atoms with Crippen LogP contribution in [0.2, 0.25) is 5.02 Å². The number of rotatable bonds is 6. The predicted molar refractivity (Wildman–Crippen MR) is 116 cm³/mol. The second-order valence-electron chi connectivity index (χ2n) is 6.60. The second-order valence-corrected chi connectivity index (χ2v) is 8.72. The van der Waals surface area contributed by atoms with Crippen LogP contribution >= 0.6 is 11.6 Å². The fourth-order valence-corrected chi connectivity index (χ4v) is 3.86. The molecule has 166 valence electrons. The van der Waals surface area contributed by atoms with Crippen molar-refractivity contribution in [3.8, 4) is 5.75 Å². The van der Waals surface area contributed by atoms with Crippen LogP contribution in [0.25, 0.3) is 0 Å². The van der Waals surface area contributed by atoms with E-state index in [9.17, 15) is 27.5 Å². The van der Waals surface area contributed by atoms with Crippen molar-refractivity contribution in [2.75, 3.05) is 4.72 Å². The molecule has 0 heterocycles. The lowest BCUT2D eigenvalue weighted by atomic mass is 10.1. The summed E-state index contributed by atoms with van der Waals surface area (Å²) in [6.07, 6.45) is -0.104. The fraction of sp³-hybridized carbons (Fsp3) is 0.0476. The number of benzene rings is 3. The standard InChI is InChI=1S/C21H17ClFN3O5S/c22-14-3-10-19(27)18(12-14)21(29)25-24-20(28)11-13-1-6-16(7-2-13)26-32(30,31)17-8-4-15(23)5-9-17/h1-10,12,26-27H,11H2,(H,24,28)(H,25,29). The van der Waals surface area contributed by atoms with Crippen molar-refractivity contribution in [2.24, 2.45) is 0 Å². The molecule has 8 nitrogen and oxygen atoms in total. The maximum Gasteiger partial charge on any atom is 0.273 e. The summed E-state index contributed by atoms with van der Waals surface area (Å²) in [6, 6.07) is 14.3. The molecule has 3 aromatic carbocycles. The Kier molecular flexibility index (Phi) is 6.96. The quantitative estimate of drug-likeness (QED) is 0.406. The zero-order valence-corrected chi connectivity index (χ0v) is 17.9. The molecule has 0 aromatic heterocycles. The molecule has 0 spiro atoms. The van der Waals surface area contributed by atoms with Crippen LogP contribution in [0, 0.1) is 5.82 Å². The van der Waals surface area contributed by atoms with E-state index in [1.807, 2.05) is 0 Å². The first-order valence-electron chi connectivity index (χ1n) is 9.09. The number of phenolic OH excluding ortho intramolecular Hbond substituents is 1. The Hall–Kier alpha value is -3.63. The molecule has 3 aromatic rings. The summed E-state index contributed by atoms with van der Waals surface area (Å²) in [5.41, 5.74) is 5.10. The maximum absolute atomic E-state index is 13.0. The molecule has 0 saturated heterocycles. The number of phenols is 1. The van der Waals surface area contributed by atoms with Gasteiger partial charge in [-0.15, -0.1) is 0 Å². The summed E-state index contributed by atoms with van der Waals surface area (Å²) in [5, 5.41) is 9.94. The van der Waals surface area contributed by atoms with Crippen LogP contribution in [0.1, 0.15) is 15.9 Å². The molecular weight excluding hydrogens is 461 g/mol. The van der Waals surface area contributed by atoms with Gasteiger partial charge in [-0.05, 0) is 60.2 Å². The van der Waals surface area contributed by atoms with Gasteiger partial charge >= 0.3 is 0 Å². The largest absolute Gasteiger partial charge is 0.507 e. The fourth-order valence-electron chi connectivity index (χ4n) is 2.63. The average Bonchev–Trinajstić information content (AvgIpc) is 2.75. The summed E-state index contributed by atoms with van der Waals surface area (Å²) in [5.74, 6) is -2.13. The van der Waals surface area contributed by atoms with Crippen LogP contribution in [-0.4, -0.2) is 25.3 Å². The Morgan fingerprint density at radius 1 is 0.938 bits per heavy atom. The summed E-state index contributed by atoms with van der Waals surface area (Å²) in [6.45, 7) is 0. The molecule has 0 radical (unpaired) electrons. The molecule has 2 amide bonds. The van der Waals surface area contributed by atoms with E-state index < -0.39 is 27.7 Å². The highest BCUT2D eigenvalue weighted by Gasteiger charge is 2.15. The minimum atomic E-state index is -3.89. The van der Waals surface area contributed by atoms with Gasteiger partial charge in [-0.3, -0.25) is 25.2 Å². The third-order valence-corrected chi connectivity index (χ3v) is 5.85. The lowest BCUT2D eigenvalue weighted by Gasteiger charge is -2.10. The molecule has 0 atom stereocenters. The number of halogens is 2. The molecule has 11 heteroatoms. The first-order valence-corrected chi connectivity index (χ1v) is 11.0. The zero-order valence-electron chi connectivity index (χ0n) is 16.3. The number of hydrogen-bond donors (Lipinski definition) is 4. The number of amides is 2. The molecule has 3 rings (SSSR count). The van der Waals surface area contributed by atoms with Gasteiger partial charge in [0.25, 0.3) is 15.9 Å². The van der Waals surface area contributed by atoms with Crippen molar-refractivity contribution in [1.82, 2.24) is 10.9 Å². The van der Waals surface area contributed by atoms with Gasteiger partial charge in [0.1, 0.15) is 11.6 Å². The lowest BCUT2D eigenvalue weighted by Crippen LogP contribution is -2.42. The summed E-state index contributed by atoms with van der Waals surface area (Å²) in [7, 11) is -3.89. The van der Waals surface area contributed by atoms with Crippen LogP contribution in [0.3, 0.4) is 0 Å². The highest BCUT2D eigenvalue weighted by molar-refractivity contribution is 7.92. The Labute approximate surface area is 188 Å². The van der Waals surface area contributed by atoms with Gasteiger partial charge in [-0.1, -0.05) is 23.7 Å². The Morgan fingerprint density at radius 3 is 2.25 bits per heavy atom. The molecule has 0 aliphatic heterocycles. The van der Waals surface area contributed by atoms with E-state index in [1.165, 1.54) is 42.5 Å². The molecule has 0 unspecified atom stereocenters. The zero-order chi connectivity index (χ0) is 23.3. The molecule has 0 aliphatic carbocycles. The van der Waals surface area contributed by atoms with Crippen LogP contribution in [0.15, 0.2) is 71.6 Å². The third kappa shape index (κ3) is 5.96. The second kappa shape index (κ2) is 9.67. The molecule has 0 aliphatic rings. The van der Waals surface area contributed by atoms with E-state index in [2.05, 4.69) is 15.6 Å². The number of carbonyl (C=O) groups excluding carboxylic acids is 2. The van der Waals surface area contributed by atoms with Crippen molar-refractivity contribution < 1.29 is 27.5 Å². The van der Waals surface area contributed by atoms with Crippen molar-refractivity contribution in [3.05, 3.63) is 88.7 Å². The summed E-state index contributed by atoms with van der Waals surface area (Å²) in [4.78, 5) is 24.0. The highest BCUT2D eigenvalue weighted by atomic mass is 35.5. The van der Waals surface area contributed by atoms with Crippen LogP contribution in [-0.2, 0) is 21.2 Å². The Bertz CT molecular complexity index is 1250. The number of aromatic hydroxyl groups is 1.